The second kappa shape index (κ2) is 8.48. The average molecular weight is 244 g/mol. The molecule has 0 spiro atoms. The van der Waals surface area contributed by atoms with Gasteiger partial charge in [-0.05, 0) is 32.1 Å². The highest BCUT2D eigenvalue weighted by atomic mass is 16.2. The van der Waals surface area contributed by atoms with Crippen LogP contribution in [-0.2, 0) is 4.79 Å². The number of nitrogens with zero attached hydrogens (tertiary/aromatic N) is 1. The predicted octanol–water partition coefficient (Wildman–Crippen LogP) is 1.37. The molecule has 0 saturated carbocycles. The largest absolute Gasteiger partial charge is 0.396 e. The summed E-state index contributed by atoms with van der Waals surface area (Å²) >= 11 is 0. The summed E-state index contributed by atoms with van der Waals surface area (Å²) in [5, 5.41) is 8.69. The van der Waals surface area contributed by atoms with Gasteiger partial charge in [-0.2, -0.15) is 0 Å². The number of hydrogen-bond acceptors (Lipinski definition) is 3. The number of nitrogens with two attached hydrogens (primary N) is 1. The quantitative estimate of drug-likeness (QED) is 0.602. The van der Waals surface area contributed by atoms with Gasteiger partial charge in [-0.1, -0.05) is 13.8 Å². The lowest BCUT2D eigenvalue weighted by Gasteiger charge is -2.33. The van der Waals surface area contributed by atoms with Gasteiger partial charge in [0.05, 0.1) is 5.41 Å². The van der Waals surface area contributed by atoms with E-state index in [9.17, 15) is 4.79 Å². The molecule has 0 aromatic rings. The Bertz CT molecular complexity index is 207. The van der Waals surface area contributed by atoms with Crippen molar-refractivity contribution in [3.05, 3.63) is 0 Å². The Balaban J connectivity index is 4.26. The summed E-state index contributed by atoms with van der Waals surface area (Å²) in [4.78, 5) is 14.1. The molecule has 17 heavy (non-hydrogen) atoms. The molecule has 0 aromatic carbocycles. The summed E-state index contributed by atoms with van der Waals surface area (Å²) in [5.41, 5.74) is 5.38. The minimum Gasteiger partial charge on any atom is -0.396 e. The van der Waals surface area contributed by atoms with E-state index in [1.165, 1.54) is 0 Å². The highest BCUT2D eigenvalue weighted by Gasteiger charge is 2.35. The first-order chi connectivity index (χ1) is 8.07. The highest BCUT2D eigenvalue weighted by molar-refractivity contribution is 5.82. The van der Waals surface area contributed by atoms with Crippen LogP contribution in [0.5, 0.6) is 0 Å². The molecule has 102 valence electrons. The second-order valence-corrected chi connectivity index (χ2v) is 4.70. The van der Waals surface area contributed by atoms with Crippen molar-refractivity contribution < 1.29 is 9.90 Å². The van der Waals surface area contributed by atoms with Gasteiger partial charge in [-0.15, -0.1) is 0 Å². The zero-order valence-corrected chi connectivity index (χ0v) is 11.5. The molecule has 4 nitrogen and oxygen atoms in total. The topological polar surface area (TPSA) is 66.6 Å². The number of carbonyl (C=O) groups excluding carboxylic acids is 1. The summed E-state index contributed by atoms with van der Waals surface area (Å²) < 4.78 is 0. The summed E-state index contributed by atoms with van der Waals surface area (Å²) in [5.74, 6) is 0.161. The van der Waals surface area contributed by atoms with Crippen LogP contribution in [0.1, 0.15) is 46.0 Å². The van der Waals surface area contributed by atoms with Gasteiger partial charge in [0.2, 0.25) is 5.91 Å². The van der Waals surface area contributed by atoms with Crippen LogP contribution in [0.15, 0.2) is 0 Å². The van der Waals surface area contributed by atoms with Gasteiger partial charge in [-0.3, -0.25) is 4.79 Å². The molecule has 0 fully saturated rings. The van der Waals surface area contributed by atoms with Gasteiger partial charge < -0.3 is 15.7 Å². The summed E-state index contributed by atoms with van der Waals surface area (Å²) in [6.45, 7) is 5.44. The van der Waals surface area contributed by atoms with E-state index in [1.807, 2.05) is 20.9 Å². The fourth-order valence-corrected chi connectivity index (χ4v) is 2.07. The molecule has 1 amide bonds. The van der Waals surface area contributed by atoms with Gasteiger partial charge in [-0.25, -0.2) is 0 Å². The summed E-state index contributed by atoms with van der Waals surface area (Å²) in [6.07, 6.45) is 4.30. The molecule has 0 unspecified atom stereocenters. The van der Waals surface area contributed by atoms with Crippen molar-refractivity contribution in [3.8, 4) is 0 Å². The maximum atomic E-state index is 12.3. The van der Waals surface area contributed by atoms with E-state index in [-0.39, 0.29) is 17.9 Å². The fourth-order valence-electron chi connectivity index (χ4n) is 2.07. The van der Waals surface area contributed by atoms with Crippen molar-refractivity contribution in [2.24, 2.45) is 11.1 Å². The standard InChI is InChI=1S/C13H28N2O2/c1-4-13(5-2,11-14)12(17)15(3)9-7-6-8-10-16/h16H,4-11,14H2,1-3H3. The van der Waals surface area contributed by atoms with Crippen molar-refractivity contribution >= 4 is 5.91 Å². The summed E-state index contributed by atoms with van der Waals surface area (Å²) in [7, 11) is 1.84. The normalized spacial score (nSPS) is 11.6. The van der Waals surface area contributed by atoms with Crippen LogP contribution in [-0.4, -0.2) is 42.7 Å². The van der Waals surface area contributed by atoms with Crippen LogP contribution in [0, 0.1) is 5.41 Å². The maximum absolute atomic E-state index is 12.3. The Hall–Kier alpha value is -0.610. The lowest BCUT2D eigenvalue weighted by molar-refractivity contribution is -0.140. The number of aliphatic hydroxyl groups is 1. The first-order valence-corrected chi connectivity index (χ1v) is 6.64. The Morgan fingerprint density at radius 1 is 1.24 bits per heavy atom. The zero-order valence-electron chi connectivity index (χ0n) is 11.5. The van der Waals surface area contributed by atoms with E-state index in [4.69, 9.17) is 10.8 Å². The molecule has 0 saturated heterocycles. The molecule has 4 heteroatoms. The van der Waals surface area contributed by atoms with E-state index in [2.05, 4.69) is 0 Å². The zero-order chi connectivity index (χ0) is 13.3. The Morgan fingerprint density at radius 2 is 1.82 bits per heavy atom. The van der Waals surface area contributed by atoms with Crippen LogP contribution < -0.4 is 5.73 Å². The third-order valence-electron chi connectivity index (χ3n) is 3.70. The average Bonchev–Trinajstić information content (AvgIpc) is 2.37. The number of amides is 1. The molecule has 0 aromatic heterocycles. The predicted molar refractivity (Wildman–Crippen MR) is 70.6 cm³/mol. The van der Waals surface area contributed by atoms with Gasteiger partial charge in [0.25, 0.3) is 0 Å². The van der Waals surface area contributed by atoms with Crippen molar-refractivity contribution in [2.75, 3.05) is 26.7 Å². The Morgan fingerprint density at radius 3 is 2.24 bits per heavy atom. The Kier molecular flexibility index (Phi) is 8.17. The van der Waals surface area contributed by atoms with Gasteiger partial charge in [0, 0.05) is 26.7 Å². The monoisotopic (exact) mass is 244 g/mol. The van der Waals surface area contributed by atoms with E-state index in [1.54, 1.807) is 4.90 Å². The molecule has 0 radical (unpaired) electrons. The molecule has 0 aliphatic carbocycles. The van der Waals surface area contributed by atoms with Crippen LogP contribution >= 0.6 is 0 Å². The number of unbranched alkanes of at least 4 members (excludes halogenated alkanes) is 2. The minimum atomic E-state index is -0.383. The van der Waals surface area contributed by atoms with Gasteiger partial charge >= 0.3 is 0 Å². The number of hydrogen-bond donors (Lipinski definition) is 2. The highest BCUT2D eigenvalue weighted by Crippen LogP contribution is 2.27. The third kappa shape index (κ3) is 4.64. The van der Waals surface area contributed by atoms with Crippen LogP contribution in [0.4, 0.5) is 0 Å². The van der Waals surface area contributed by atoms with Crippen LogP contribution in [0.25, 0.3) is 0 Å². The van der Waals surface area contributed by atoms with Crippen molar-refractivity contribution in [2.45, 2.75) is 46.0 Å². The molecular formula is C13H28N2O2. The summed E-state index contributed by atoms with van der Waals surface area (Å²) in [6, 6.07) is 0. The maximum Gasteiger partial charge on any atom is 0.229 e. The molecule has 0 atom stereocenters. The van der Waals surface area contributed by atoms with Crippen molar-refractivity contribution in [3.63, 3.8) is 0 Å². The van der Waals surface area contributed by atoms with Gasteiger partial charge in [0.15, 0.2) is 0 Å². The number of rotatable bonds is 9. The molecule has 0 heterocycles. The van der Waals surface area contributed by atoms with Gasteiger partial charge in [0.1, 0.15) is 0 Å². The van der Waals surface area contributed by atoms with E-state index < -0.39 is 0 Å². The number of carbonyl (C=O) groups is 1. The first-order valence-electron chi connectivity index (χ1n) is 6.64. The Labute approximate surface area is 105 Å². The smallest absolute Gasteiger partial charge is 0.229 e. The van der Waals surface area contributed by atoms with Crippen molar-refractivity contribution in [1.29, 1.82) is 0 Å². The lowest BCUT2D eigenvalue weighted by Crippen LogP contribution is -2.46. The molecule has 0 bridgehead atoms. The van der Waals surface area contributed by atoms with Crippen LogP contribution in [0.2, 0.25) is 0 Å². The molecule has 3 N–H and O–H groups in total. The van der Waals surface area contributed by atoms with Crippen LogP contribution in [0.3, 0.4) is 0 Å². The molecule has 0 aliphatic rings. The minimum absolute atomic E-state index is 0.161. The number of aliphatic hydroxyl groups excluding tert-OH is 1. The van der Waals surface area contributed by atoms with E-state index in [0.717, 1.165) is 38.6 Å². The second-order valence-electron chi connectivity index (χ2n) is 4.70. The first kappa shape index (κ1) is 16.4. The van der Waals surface area contributed by atoms with Crippen molar-refractivity contribution in [1.82, 2.24) is 4.90 Å². The molecule has 0 aliphatic heterocycles. The third-order valence-corrected chi connectivity index (χ3v) is 3.70. The SMILES string of the molecule is CCC(CC)(CN)C(=O)N(C)CCCCCO. The van der Waals surface area contributed by atoms with E-state index >= 15 is 0 Å². The lowest BCUT2D eigenvalue weighted by atomic mass is 9.81. The fraction of sp³-hybridized carbons (Fsp3) is 0.923. The molecule has 0 rings (SSSR count). The molecular weight excluding hydrogens is 216 g/mol. The van der Waals surface area contributed by atoms with E-state index in [0.29, 0.717) is 6.54 Å².